The summed E-state index contributed by atoms with van der Waals surface area (Å²) in [5.41, 5.74) is 1.15. The van der Waals surface area contributed by atoms with Crippen LogP contribution in [0.25, 0.3) is 0 Å². The van der Waals surface area contributed by atoms with Crippen molar-refractivity contribution in [2.45, 2.75) is 36.9 Å². The average molecular weight is 343 g/mol. The van der Waals surface area contributed by atoms with E-state index in [0.717, 1.165) is 11.3 Å². The molecule has 0 saturated heterocycles. The van der Waals surface area contributed by atoms with Crippen molar-refractivity contribution in [3.63, 3.8) is 0 Å². The smallest absolute Gasteiger partial charge is 0.203 e. The molecule has 1 fully saturated rings. The van der Waals surface area contributed by atoms with Gasteiger partial charge < -0.3 is 14.2 Å². The van der Waals surface area contributed by atoms with E-state index in [1.165, 1.54) is 32.1 Å². The molecule has 1 unspecified atom stereocenters. The number of halogens is 1. The summed E-state index contributed by atoms with van der Waals surface area (Å²) in [4.78, 5) is 0.303. The molecule has 0 heterocycles. The molecular weight excluding hydrogens is 320 g/mol. The van der Waals surface area contributed by atoms with Gasteiger partial charge in [-0.05, 0) is 24.8 Å². The molecule has 0 N–H and O–H groups in total. The van der Waals surface area contributed by atoms with Crippen molar-refractivity contribution >= 4 is 15.9 Å². The molecule has 0 aliphatic heterocycles. The lowest BCUT2D eigenvalue weighted by Crippen LogP contribution is -2.13. The fourth-order valence-electron chi connectivity index (χ4n) is 3.02. The van der Waals surface area contributed by atoms with Crippen LogP contribution in [-0.4, -0.2) is 21.3 Å². The summed E-state index contributed by atoms with van der Waals surface area (Å²) in [6, 6.07) is 4.03. The summed E-state index contributed by atoms with van der Waals surface area (Å²) in [6.45, 7) is 0. The van der Waals surface area contributed by atoms with Gasteiger partial charge in [0.1, 0.15) is 0 Å². The molecule has 1 aliphatic rings. The quantitative estimate of drug-likeness (QED) is 0.724. The van der Waals surface area contributed by atoms with Gasteiger partial charge in [0.05, 0.1) is 21.3 Å². The highest BCUT2D eigenvalue weighted by atomic mass is 79.9. The Morgan fingerprint density at radius 1 is 0.950 bits per heavy atom. The van der Waals surface area contributed by atoms with E-state index < -0.39 is 0 Å². The van der Waals surface area contributed by atoms with E-state index in [9.17, 15) is 0 Å². The summed E-state index contributed by atoms with van der Waals surface area (Å²) in [6.07, 6.45) is 6.55. The lowest BCUT2D eigenvalue weighted by molar-refractivity contribution is 0.314. The van der Waals surface area contributed by atoms with Crippen molar-refractivity contribution in [3.8, 4) is 17.2 Å². The van der Waals surface area contributed by atoms with E-state index in [-0.39, 0.29) is 0 Å². The summed E-state index contributed by atoms with van der Waals surface area (Å²) in [5, 5.41) is 0. The largest absolute Gasteiger partial charge is 0.493 e. The zero-order valence-corrected chi connectivity index (χ0v) is 14.0. The molecule has 1 aliphatic carbocycles. The molecular formula is C16H23BrO3. The molecule has 4 heteroatoms. The van der Waals surface area contributed by atoms with Gasteiger partial charge in [-0.25, -0.2) is 0 Å². The Labute approximate surface area is 129 Å². The van der Waals surface area contributed by atoms with E-state index in [1.807, 2.05) is 6.07 Å². The van der Waals surface area contributed by atoms with Crippen LogP contribution in [0.4, 0.5) is 0 Å². The van der Waals surface area contributed by atoms with Crippen LogP contribution in [0.2, 0.25) is 0 Å². The van der Waals surface area contributed by atoms with Gasteiger partial charge in [0.25, 0.3) is 0 Å². The maximum Gasteiger partial charge on any atom is 0.203 e. The zero-order valence-electron chi connectivity index (χ0n) is 12.4. The Morgan fingerprint density at radius 2 is 1.60 bits per heavy atom. The third-order valence-electron chi connectivity index (χ3n) is 4.10. The summed E-state index contributed by atoms with van der Waals surface area (Å²) in [7, 11) is 4.97. The fraction of sp³-hybridized carbons (Fsp3) is 0.625. The molecule has 1 atom stereocenters. The van der Waals surface area contributed by atoms with E-state index in [0.29, 0.717) is 22.2 Å². The molecule has 0 amide bonds. The van der Waals surface area contributed by atoms with E-state index >= 15 is 0 Å². The van der Waals surface area contributed by atoms with Crippen molar-refractivity contribution < 1.29 is 14.2 Å². The fourth-order valence-corrected chi connectivity index (χ4v) is 3.91. The number of rotatable bonds is 5. The maximum atomic E-state index is 5.59. The first-order chi connectivity index (χ1) is 9.72. The SMILES string of the molecule is COc1ccc(C(Br)C2CCCCC2)c(OC)c1OC. The van der Waals surface area contributed by atoms with Crippen LogP contribution in [-0.2, 0) is 0 Å². The maximum absolute atomic E-state index is 5.59. The van der Waals surface area contributed by atoms with Gasteiger partial charge in [0.15, 0.2) is 11.5 Å². The first-order valence-electron chi connectivity index (χ1n) is 7.15. The van der Waals surface area contributed by atoms with Crippen LogP contribution in [0.5, 0.6) is 17.2 Å². The molecule has 112 valence electrons. The average Bonchev–Trinajstić information content (AvgIpc) is 2.53. The molecule has 2 rings (SSSR count). The van der Waals surface area contributed by atoms with E-state index in [1.54, 1.807) is 21.3 Å². The topological polar surface area (TPSA) is 27.7 Å². The van der Waals surface area contributed by atoms with Gasteiger partial charge in [-0.2, -0.15) is 0 Å². The van der Waals surface area contributed by atoms with Crippen molar-refractivity contribution in [3.05, 3.63) is 17.7 Å². The first kappa shape index (κ1) is 15.5. The minimum Gasteiger partial charge on any atom is -0.493 e. The van der Waals surface area contributed by atoms with Crippen molar-refractivity contribution in [1.82, 2.24) is 0 Å². The standard InChI is InChI=1S/C16H23BrO3/c1-18-13-10-9-12(15(19-2)16(13)20-3)14(17)11-7-5-4-6-8-11/h9-11,14H,4-8H2,1-3H3. The molecule has 0 spiro atoms. The van der Waals surface area contributed by atoms with E-state index in [2.05, 4.69) is 22.0 Å². The second kappa shape index (κ2) is 7.21. The van der Waals surface area contributed by atoms with Crippen LogP contribution >= 0.6 is 15.9 Å². The number of methoxy groups -OCH3 is 3. The van der Waals surface area contributed by atoms with Crippen LogP contribution < -0.4 is 14.2 Å². The third kappa shape index (κ3) is 3.05. The second-order valence-corrected chi connectivity index (χ2v) is 6.21. The monoisotopic (exact) mass is 342 g/mol. The Kier molecular flexibility index (Phi) is 5.58. The van der Waals surface area contributed by atoms with Crippen molar-refractivity contribution in [2.75, 3.05) is 21.3 Å². The Bertz CT molecular complexity index is 442. The highest BCUT2D eigenvalue weighted by Crippen LogP contribution is 2.48. The number of benzene rings is 1. The van der Waals surface area contributed by atoms with Crippen molar-refractivity contribution in [2.24, 2.45) is 5.92 Å². The summed E-state index contributed by atoms with van der Waals surface area (Å²) >= 11 is 3.87. The van der Waals surface area contributed by atoms with Crippen LogP contribution in [0, 0.1) is 5.92 Å². The Balaban J connectivity index is 2.34. The highest BCUT2D eigenvalue weighted by Gasteiger charge is 2.27. The molecule has 0 radical (unpaired) electrons. The zero-order chi connectivity index (χ0) is 14.5. The highest BCUT2D eigenvalue weighted by molar-refractivity contribution is 9.09. The van der Waals surface area contributed by atoms with Gasteiger partial charge in [-0.1, -0.05) is 41.3 Å². The lowest BCUT2D eigenvalue weighted by Gasteiger charge is -2.28. The van der Waals surface area contributed by atoms with Crippen LogP contribution in [0.1, 0.15) is 42.5 Å². The van der Waals surface area contributed by atoms with Crippen LogP contribution in [0.3, 0.4) is 0 Å². The normalized spacial score (nSPS) is 17.6. The Morgan fingerprint density at radius 3 is 2.15 bits per heavy atom. The summed E-state index contributed by atoms with van der Waals surface area (Å²) in [5.74, 6) is 2.82. The lowest BCUT2D eigenvalue weighted by atomic mass is 9.84. The summed E-state index contributed by atoms with van der Waals surface area (Å²) < 4.78 is 16.4. The third-order valence-corrected chi connectivity index (χ3v) is 5.34. The Hall–Kier alpha value is -0.900. The van der Waals surface area contributed by atoms with E-state index in [4.69, 9.17) is 14.2 Å². The van der Waals surface area contributed by atoms with Crippen LogP contribution in [0.15, 0.2) is 12.1 Å². The van der Waals surface area contributed by atoms with Crippen molar-refractivity contribution in [1.29, 1.82) is 0 Å². The number of hydrogen-bond donors (Lipinski definition) is 0. The molecule has 1 aromatic rings. The molecule has 1 aromatic carbocycles. The molecule has 1 saturated carbocycles. The molecule has 20 heavy (non-hydrogen) atoms. The van der Waals surface area contributed by atoms with Gasteiger partial charge in [0.2, 0.25) is 5.75 Å². The first-order valence-corrected chi connectivity index (χ1v) is 8.07. The predicted molar refractivity (Wildman–Crippen MR) is 84.3 cm³/mol. The van der Waals surface area contributed by atoms with Gasteiger partial charge >= 0.3 is 0 Å². The minimum absolute atomic E-state index is 0.303. The van der Waals surface area contributed by atoms with Gasteiger partial charge in [0, 0.05) is 10.4 Å². The van der Waals surface area contributed by atoms with Gasteiger partial charge in [-0.15, -0.1) is 0 Å². The second-order valence-electron chi connectivity index (χ2n) is 5.22. The number of alkyl halides is 1. The minimum atomic E-state index is 0.303. The molecule has 0 aromatic heterocycles. The number of hydrogen-bond acceptors (Lipinski definition) is 3. The number of ether oxygens (including phenoxy) is 3. The molecule has 3 nitrogen and oxygen atoms in total. The van der Waals surface area contributed by atoms with Gasteiger partial charge in [-0.3, -0.25) is 0 Å². The molecule has 0 bridgehead atoms. The predicted octanol–water partition coefficient (Wildman–Crippen LogP) is 4.73.